The van der Waals surface area contributed by atoms with E-state index in [0.29, 0.717) is 24.6 Å². The molecule has 0 aromatic rings. The van der Waals surface area contributed by atoms with E-state index in [9.17, 15) is 4.79 Å². The van der Waals surface area contributed by atoms with Crippen LogP contribution in [0, 0.1) is 0 Å². The number of hydrogen-bond acceptors (Lipinski definition) is 2. The van der Waals surface area contributed by atoms with Crippen molar-refractivity contribution in [2.45, 2.75) is 19.4 Å². The van der Waals surface area contributed by atoms with Gasteiger partial charge < -0.3 is 10.4 Å². The summed E-state index contributed by atoms with van der Waals surface area (Å²) >= 11 is 0. The van der Waals surface area contributed by atoms with Crippen molar-refractivity contribution < 1.29 is 9.90 Å². The predicted octanol–water partition coefficient (Wildman–Crippen LogP) is 0.379. The highest BCUT2D eigenvalue weighted by Gasteiger charge is 2.14. The van der Waals surface area contributed by atoms with Gasteiger partial charge in [0.1, 0.15) is 0 Å². The molecule has 3 heteroatoms. The second kappa shape index (κ2) is 2.84. The number of carboxylic acids is 1. The van der Waals surface area contributed by atoms with Gasteiger partial charge in [0.2, 0.25) is 0 Å². The summed E-state index contributed by atoms with van der Waals surface area (Å²) < 4.78 is 0. The van der Waals surface area contributed by atoms with Crippen LogP contribution in [0.15, 0.2) is 11.6 Å². The van der Waals surface area contributed by atoms with Gasteiger partial charge in [-0.2, -0.15) is 0 Å². The quantitative estimate of drug-likeness (QED) is 0.555. The Morgan fingerprint density at radius 1 is 1.90 bits per heavy atom. The lowest BCUT2D eigenvalue weighted by molar-refractivity contribution is -0.132. The molecule has 3 nitrogen and oxygen atoms in total. The Labute approximate surface area is 59.7 Å². The van der Waals surface area contributed by atoms with E-state index < -0.39 is 5.97 Å². The van der Waals surface area contributed by atoms with E-state index in [4.69, 9.17) is 5.11 Å². The standard InChI is InChI=1S/C7H11NO2/c1-5-4-6(7(9)10)2-3-8-5/h2,5,8H,3-4H2,1H3,(H,9,10). The largest absolute Gasteiger partial charge is 0.478 e. The van der Waals surface area contributed by atoms with Gasteiger partial charge in [-0.05, 0) is 13.3 Å². The Hall–Kier alpha value is -0.830. The monoisotopic (exact) mass is 141 g/mol. The number of carbonyl (C=O) groups is 1. The van der Waals surface area contributed by atoms with Crippen LogP contribution >= 0.6 is 0 Å². The maximum absolute atomic E-state index is 10.4. The molecule has 0 spiro atoms. The van der Waals surface area contributed by atoms with Crippen molar-refractivity contribution in [3.8, 4) is 0 Å². The van der Waals surface area contributed by atoms with Gasteiger partial charge >= 0.3 is 5.97 Å². The molecular formula is C7H11NO2. The van der Waals surface area contributed by atoms with Gasteiger partial charge in [-0.15, -0.1) is 0 Å². The minimum atomic E-state index is -0.784. The van der Waals surface area contributed by atoms with Crippen molar-refractivity contribution in [3.63, 3.8) is 0 Å². The molecule has 0 aromatic heterocycles. The molecular weight excluding hydrogens is 130 g/mol. The number of rotatable bonds is 1. The van der Waals surface area contributed by atoms with E-state index >= 15 is 0 Å². The van der Waals surface area contributed by atoms with Gasteiger partial charge in [-0.1, -0.05) is 6.08 Å². The molecule has 2 N–H and O–H groups in total. The van der Waals surface area contributed by atoms with E-state index in [1.807, 2.05) is 6.92 Å². The molecule has 0 aliphatic carbocycles. The molecule has 1 heterocycles. The van der Waals surface area contributed by atoms with Crippen LogP contribution in [0.4, 0.5) is 0 Å². The van der Waals surface area contributed by atoms with Crippen molar-refractivity contribution >= 4 is 5.97 Å². The maximum atomic E-state index is 10.4. The molecule has 0 bridgehead atoms. The van der Waals surface area contributed by atoms with Crippen molar-refractivity contribution in [1.82, 2.24) is 5.32 Å². The normalized spacial score (nSPS) is 25.7. The highest BCUT2D eigenvalue weighted by atomic mass is 16.4. The third kappa shape index (κ3) is 1.57. The van der Waals surface area contributed by atoms with Crippen LogP contribution in [0.5, 0.6) is 0 Å². The van der Waals surface area contributed by atoms with Crippen LogP contribution in [-0.4, -0.2) is 23.7 Å². The fraction of sp³-hybridized carbons (Fsp3) is 0.571. The Balaban J connectivity index is 2.60. The molecule has 1 aliphatic heterocycles. The predicted molar refractivity (Wildman–Crippen MR) is 37.8 cm³/mol. The van der Waals surface area contributed by atoms with E-state index in [1.54, 1.807) is 6.08 Å². The van der Waals surface area contributed by atoms with E-state index in [-0.39, 0.29) is 0 Å². The zero-order valence-corrected chi connectivity index (χ0v) is 5.92. The van der Waals surface area contributed by atoms with Crippen LogP contribution in [-0.2, 0) is 4.79 Å². The first-order valence-electron chi connectivity index (χ1n) is 3.36. The third-order valence-corrected chi connectivity index (χ3v) is 1.62. The van der Waals surface area contributed by atoms with Gasteiger partial charge in [0, 0.05) is 18.2 Å². The summed E-state index contributed by atoms with van der Waals surface area (Å²) in [5, 5.41) is 11.7. The molecule has 1 atom stereocenters. The average molecular weight is 141 g/mol. The second-order valence-electron chi connectivity index (χ2n) is 2.55. The first kappa shape index (κ1) is 7.28. The van der Waals surface area contributed by atoms with Crippen molar-refractivity contribution in [3.05, 3.63) is 11.6 Å². The number of aliphatic carboxylic acids is 1. The molecule has 1 unspecified atom stereocenters. The van der Waals surface area contributed by atoms with Crippen molar-refractivity contribution in [1.29, 1.82) is 0 Å². The summed E-state index contributed by atoms with van der Waals surface area (Å²) in [6.45, 7) is 2.67. The molecule has 10 heavy (non-hydrogen) atoms. The van der Waals surface area contributed by atoms with E-state index in [0.717, 1.165) is 0 Å². The number of hydrogen-bond donors (Lipinski definition) is 2. The Bertz CT molecular complexity index is 174. The lowest BCUT2D eigenvalue weighted by Crippen LogP contribution is -2.31. The number of carboxylic acid groups (broad SMARTS) is 1. The molecule has 0 saturated carbocycles. The summed E-state index contributed by atoms with van der Waals surface area (Å²) in [6, 6.07) is 0.302. The molecule has 0 amide bonds. The van der Waals surface area contributed by atoms with Crippen LogP contribution in [0.1, 0.15) is 13.3 Å². The summed E-state index contributed by atoms with van der Waals surface area (Å²) in [4.78, 5) is 10.4. The fourth-order valence-corrected chi connectivity index (χ4v) is 1.04. The van der Waals surface area contributed by atoms with Gasteiger partial charge in [0.15, 0.2) is 0 Å². The molecule has 0 radical (unpaired) electrons. The lowest BCUT2D eigenvalue weighted by atomic mass is 10.0. The highest BCUT2D eigenvalue weighted by molar-refractivity contribution is 5.86. The summed E-state index contributed by atoms with van der Waals surface area (Å²) in [5.41, 5.74) is 0.534. The molecule has 1 aliphatic rings. The Morgan fingerprint density at radius 3 is 3.00 bits per heavy atom. The van der Waals surface area contributed by atoms with Gasteiger partial charge in [0.05, 0.1) is 0 Å². The molecule has 0 saturated heterocycles. The highest BCUT2D eigenvalue weighted by Crippen LogP contribution is 2.08. The topological polar surface area (TPSA) is 49.3 Å². The zero-order chi connectivity index (χ0) is 7.56. The van der Waals surface area contributed by atoms with Gasteiger partial charge in [-0.25, -0.2) is 4.79 Å². The van der Waals surface area contributed by atoms with Crippen LogP contribution in [0.25, 0.3) is 0 Å². The Kier molecular flexibility index (Phi) is 2.06. The Morgan fingerprint density at radius 2 is 2.60 bits per heavy atom. The molecule has 0 aromatic carbocycles. The van der Waals surface area contributed by atoms with E-state index in [1.165, 1.54) is 0 Å². The summed E-state index contributed by atoms with van der Waals surface area (Å²) in [6.07, 6.45) is 2.36. The summed E-state index contributed by atoms with van der Waals surface area (Å²) in [5.74, 6) is -0.784. The third-order valence-electron chi connectivity index (χ3n) is 1.62. The lowest BCUT2D eigenvalue weighted by Gasteiger charge is -2.17. The molecule has 1 rings (SSSR count). The van der Waals surface area contributed by atoms with Crippen molar-refractivity contribution in [2.24, 2.45) is 0 Å². The SMILES string of the molecule is CC1CC(C(=O)O)=CCN1. The van der Waals surface area contributed by atoms with Gasteiger partial charge in [-0.3, -0.25) is 0 Å². The minimum Gasteiger partial charge on any atom is -0.478 e. The van der Waals surface area contributed by atoms with E-state index in [2.05, 4.69) is 5.32 Å². The minimum absolute atomic E-state index is 0.302. The first-order chi connectivity index (χ1) is 4.70. The van der Waals surface area contributed by atoms with Gasteiger partial charge in [0.25, 0.3) is 0 Å². The maximum Gasteiger partial charge on any atom is 0.331 e. The fourth-order valence-electron chi connectivity index (χ4n) is 1.04. The average Bonchev–Trinajstić information content (AvgIpc) is 1.88. The first-order valence-corrected chi connectivity index (χ1v) is 3.36. The van der Waals surface area contributed by atoms with Crippen LogP contribution in [0.3, 0.4) is 0 Å². The molecule has 56 valence electrons. The smallest absolute Gasteiger partial charge is 0.331 e. The number of nitrogens with one attached hydrogen (secondary N) is 1. The van der Waals surface area contributed by atoms with Crippen LogP contribution in [0.2, 0.25) is 0 Å². The second-order valence-corrected chi connectivity index (χ2v) is 2.55. The van der Waals surface area contributed by atoms with Crippen molar-refractivity contribution in [2.75, 3.05) is 6.54 Å². The zero-order valence-electron chi connectivity index (χ0n) is 5.92. The summed E-state index contributed by atoms with van der Waals surface area (Å²) in [7, 11) is 0. The van der Waals surface area contributed by atoms with Crippen LogP contribution < -0.4 is 5.32 Å². The molecule has 0 fully saturated rings.